The average Bonchev–Trinajstić information content (AvgIpc) is 2.61. The second-order valence-corrected chi connectivity index (χ2v) is 7.89. The van der Waals surface area contributed by atoms with Crippen LogP contribution in [0.2, 0.25) is 0 Å². The summed E-state index contributed by atoms with van der Waals surface area (Å²) in [6.45, 7) is 7.31. The fraction of sp³-hybridized carbons (Fsp3) is 0.727. The van der Waals surface area contributed by atoms with E-state index in [9.17, 15) is 0 Å². The molecule has 0 aromatic heterocycles. The lowest BCUT2D eigenvalue weighted by atomic mass is 9.87. The number of benzene rings is 1. The summed E-state index contributed by atoms with van der Waals surface area (Å²) in [6.07, 6.45) is 9.08. The Morgan fingerprint density at radius 1 is 1.04 bits per heavy atom. The van der Waals surface area contributed by atoms with Gasteiger partial charge in [-0.3, -0.25) is 0 Å². The minimum atomic E-state index is -0.190. The molecule has 2 rings (SSSR count). The third kappa shape index (κ3) is 7.37. The summed E-state index contributed by atoms with van der Waals surface area (Å²) >= 11 is 0. The first-order valence-corrected chi connectivity index (χ1v) is 10.1. The summed E-state index contributed by atoms with van der Waals surface area (Å²) in [5.41, 5.74) is 1.31. The lowest BCUT2D eigenvalue weighted by molar-refractivity contribution is -0.0711. The molecule has 1 aromatic rings. The molecule has 0 heterocycles. The van der Waals surface area contributed by atoms with Crippen LogP contribution in [-0.4, -0.2) is 19.9 Å². The maximum Gasteiger partial charge on any atom is 0.196 e. The Morgan fingerprint density at radius 3 is 2.32 bits per heavy atom. The fourth-order valence-corrected chi connectivity index (χ4v) is 3.77. The maximum atomic E-state index is 5.91. The average molecular weight is 348 g/mol. The van der Waals surface area contributed by atoms with Crippen molar-refractivity contribution in [3.8, 4) is 5.75 Å². The van der Waals surface area contributed by atoms with E-state index in [-0.39, 0.29) is 6.29 Å². The first kappa shape index (κ1) is 20.3. The molecule has 2 unspecified atom stereocenters. The number of hydrogen-bond acceptors (Lipinski definition) is 3. The van der Waals surface area contributed by atoms with Crippen LogP contribution in [0.4, 0.5) is 0 Å². The summed E-state index contributed by atoms with van der Waals surface area (Å²) in [6, 6.07) is 8.83. The predicted molar refractivity (Wildman–Crippen MR) is 105 cm³/mol. The molecule has 1 aliphatic carbocycles. The summed E-state index contributed by atoms with van der Waals surface area (Å²) in [5, 5.41) is 3.40. The molecule has 0 bridgehead atoms. The van der Waals surface area contributed by atoms with Gasteiger partial charge >= 0.3 is 0 Å². The zero-order valence-electron chi connectivity index (χ0n) is 16.6. The van der Waals surface area contributed by atoms with Crippen LogP contribution >= 0.6 is 0 Å². The number of ether oxygens (including phenoxy) is 2. The normalized spacial score (nSPS) is 18.3. The van der Waals surface area contributed by atoms with Crippen LogP contribution in [0.25, 0.3) is 0 Å². The fourth-order valence-electron chi connectivity index (χ4n) is 3.77. The zero-order chi connectivity index (χ0) is 18.1. The van der Waals surface area contributed by atoms with Crippen molar-refractivity contribution in [1.29, 1.82) is 0 Å². The molecule has 0 radical (unpaired) electrons. The largest absolute Gasteiger partial charge is 0.465 e. The molecule has 3 nitrogen and oxygen atoms in total. The second kappa shape index (κ2) is 10.8. The van der Waals surface area contributed by atoms with Crippen LogP contribution in [0.1, 0.15) is 77.3 Å². The van der Waals surface area contributed by atoms with Crippen LogP contribution in [0, 0.1) is 11.8 Å². The van der Waals surface area contributed by atoms with E-state index in [0.717, 1.165) is 24.7 Å². The van der Waals surface area contributed by atoms with Crippen molar-refractivity contribution >= 4 is 0 Å². The van der Waals surface area contributed by atoms with Crippen LogP contribution in [-0.2, 0) is 4.74 Å². The SMILES string of the molecule is CNC(CC(C)C)c1ccc(OC(C)OCCC2CCCCC2)cc1. The van der Waals surface area contributed by atoms with Crippen molar-refractivity contribution in [3.63, 3.8) is 0 Å². The molecular weight excluding hydrogens is 310 g/mol. The molecule has 25 heavy (non-hydrogen) atoms. The second-order valence-electron chi connectivity index (χ2n) is 7.89. The molecule has 1 fully saturated rings. The molecule has 2 atom stereocenters. The molecular formula is C22H37NO2. The maximum absolute atomic E-state index is 5.91. The first-order chi connectivity index (χ1) is 12.1. The molecule has 3 heteroatoms. The molecule has 0 spiro atoms. The van der Waals surface area contributed by atoms with E-state index in [1.807, 2.05) is 14.0 Å². The van der Waals surface area contributed by atoms with Gasteiger partial charge in [0, 0.05) is 6.04 Å². The summed E-state index contributed by atoms with van der Waals surface area (Å²) in [7, 11) is 2.03. The Kier molecular flexibility index (Phi) is 8.77. The van der Waals surface area contributed by atoms with Crippen molar-refractivity contribution in [2.45, 2.75) is 78.0 Å². The highest BCUT2D eigenvalue weighted by molar-refractivity contribution is 5.29. The summed E-state index contributed by atoms with van der Waals surface area (Å²) in [4.78, 5) is 0. The van der Waals surface area contributed by atoms with Crippen molar-refractivity contribution in [2.24, 2.45) is 11.8 Å². The number of hydrogen-bond donors (Lipinski definition) is 1. The zero-order valence-corrected chi connectivity index (χ0v) is 16.6. The van der Waals surface area contributed by atoms with E-state index < -0.39 is 0 Å². The third-order valence-electron chi connectivity index (χ3n) is 5.24. The number of nitrogens with one attached hydrogen (secondary N) is 1. The van der Waals surface area contributed by atoms with Gasteiger partial charge in [-0.15, -0.1) is 0 Å². The molecule has 142 valence electrons. The van der Waals surface area contributed by atoms with E-state index in [2.05, 4.69) is 43.4 Å². The molecule has 0 aliphatic heterocycles. The van der Waals surface area contributed by atoms with E-state index >= 15 is 0 Å². The van der Waals surface area contributed by atoms with E-state index in [1.165, 1.54) is 44.1 Å². The highest BCUT2D eigenvalue weighted by atomic mass is 16.7. The lowest BCUT2D eigenvalue weighted by Gasteiger charge is -2.23. The van der Waals surface area contributed by atoms with Gasteiger partial charge in [0.2, 0.25) is 0 Å². The summed E-state index contributed by atoms with van der Waals surface area (Å²) < 4.78 is 11.8. The van der Waals surface area contributed by atoms with Gasteiger partial charge < -0.3 is 14.8 Å². The van der Waals surface area contributed by atoms with E-state index in [1.54, 1.807) is 0 Å². The van der Waals surface area contributed by atoms with Crippen LogP contribution in [0.5, 0.6) is 5.75 Å². The van der Waals surface area contributed by atoms with E-state index in [4.69, 9.17) is 9.47 Å². The molecule has 0 amide bonds. The molecule has 1 saturated carbocycles. The minimum absolute atomic E-state index is 0.190. The predicted octanol–water partition coefficient (Wildman–Crippen LogP) is 5.71. The van der Waals surface area contributed by atoms with Gasteiger partial charge in [-0.1, -0.05) is 58.1 Å². The van der Waals surface area contributed by atoms with Gasteiger partial charge in [0.1, 0.15) is 5.75 Å². The van der Waals surface area contributed by atoms with Gasteiger partial charge in [0.15, 0.2) is 6.29 Å². The van der Waals surface area contributed by atoms with Crippen LogP contribution in [0.3, 0.4) is 0 Å². The lowest BCUT2D eigenvalue weighted by Crippen LogP contribution is -2.20. The minimum Gasteiger partial charge on any atom is -0.465 e. The van der Waals surface area contributed by atoms with Crippen molar-refractivity contribution in [2.75, 3.05) is 13.7 Å². The standard InChI is InChI=1S/C22H37NO2/c1-17(2)16-22(23-4)20-10-12-21(13-11-20)25-18(3)24-15-14-19-8-6-5-7-9-19/h10-13,17-19,22-23H,5-9,14-16H2,1-4H3. The molecule has 1 aliphatic rings. The Bertz CT molecular complexity index is 465. The quantitative estimate of drug-likeness (QED) is 0.550. The van der Waals surface area contributed by atoms with Crippen LogP contribution in [0.15, 0.2) is 24.3 Å². The molecule has 1 N–H and O–H groups in total. The molecule has 1 aromatic carbocycles. The third-order valence-corrected chi connectivity index (χ3v) is 5.24. The smallest absolute Gasteiger partial charge is 0.196 e. The first-order valence-electron chi connectivity index (χ1n) is 10.1. The highest BCUT2D eigenvalue weighted by Crippen LogP contribution is 2.27. The highest BCUT2D eigenvalue weighted by Gasteiger charge is 2.14. The number of rotatable bonds is 10. The monoisotopic (exact) mass is 347 g/mol. The Morgan fingerprint density at radius 2 is 1.72 bits per heavy atom. The van der Waals surface area contributed by atoms with Gasteiger partial charge in [0.05, 0.1) is 6.61 Å². The topological polar surface area (TPSA) is 30.5 Å². The van der Waals surface area contributed by atoms with Crippen LogP contribution < -0.4 is 10.1 Å². The van der Waals surface area contributed by atoms with Gasteiger partial charge in [-0.25, -0.2) is 0 Å². The van der Waals surface area contributed by atoms with Crippen molar-refractivity contribution in [3.05, 3.63) is 29.8 Å². The van der Waals surface area contributed by atoms with Gasteiger partial charge in [0.25, 0.3) is 0 Å². The Balaban J connectivity index is 1.73. The van der Waals surface area contributed by atoms with Crippen molar-refractivity contribution in [1.82, 2.24) is 5.32 Å². The summed E-state index contributed by atoms with van der Waals surface area (Å²) in [5.74, 6) is 2.42. The van der Waals surface area contributed by atoms with Gasteiger partial charge in [-0.05, 0) is 56.3 Å². The molecule has 0 saturated heterocycles. The van der Waals surface area contributed by atoms with E-state index in [0.29, 0.717) is 12.0 Å². The van der Waals surface area contributed by atoms with Crippen molar-refractivity contribution < 1.29 is 9.47 Å². The Hall–Kier alpha value is -1.06. The Labute approximate surface area is 154 Å². The van der Waals surface area contributed by atoms with Gasteiger partial charge in [-0.2, -0.15) is 0 Å².